The minimum atomic E-state index is 0.119. The van der Waals surface area contributed by atoms with Crippen LogP contribution in [0, 0.1) is 13.8 Å². The van der Waals surface area contributed by atoms with E-state index in [1.165, 1.54) is 24.6 Å². The summed E-state index contributed by atoms with van der Waals surface area (Å²) in [5, 5.41) is 9.50. The molecule has 0 unspecified atom stereocenters. The summed E-state index contributed by atoms with van der Waals surface area (Å²) in [6.07, 6.45) is 4.52. The molecule has 1 aromatic carbocycles. The molecule has 0 atom stereocenters. The number of hydrogen-bond acceptors (Lipinski definition) is 5. The SMILES string of the molecule is COc1ccc(-n2c(C)cc(C(=O)CSc3nnc4n3CCCCC4)c2C)cc1. The normalized spacial score (nSPS) is 13.8. The van der Waals surface area contributed by atoms with Gasteiger partial charge in [0, 0.05) is 35.6 Å². The Bertz CT molecular complexity index is 1020. The van der Waals surface area contributed by atoms with Crippen LogP contribution in [0.4, 0.5) is 0 Å². The molecule has 0 fully saturated rings. The maximum atomic E-state index is 13.0. The second-order valence-electron chi connectivity index (χ2n) is 7.39. The second-order valence-corrected chi connectivity index (χ2v) is 8.33. The molecule has 2 aromatic heterocycles. The lowest BCUT2D eigenvalue weighted by Gasteiger charge is -2.11. The Kier molecular flexibility index (Phi) is 5.76. The molecular weight excluding hydrogens is 384 g/mol. The summed E-state index contributed by atoms with van der Waals surface area (Å²) >= 11 is 1.49. The summed E-state index contributed by atoms with van der Waals surface area (Å²) in [5.41, 5.74) is 3.78. The summed E-state index contributed by atoms with van der Waals surface area (Å²) < 4.78 is 9.54. The van der Waals surface area contributed by atoms with Crippen molar-refractivity contribution in [3.63, 3.8) is 0 Å². The van der Waals surface area contributed by atoms with Gasteiger partial charge < -0.3 is 13.9 Å². The van der Waals surface area contributed by atoms with Crippen LogP contribution in [0.2, 0.25) is 0 Å². The fourth-order valence-corrected chi connectivity index (χ4v) is 4.81. The molecular formula is C22H26N4O2S. The van der Waals surface area contributed by atoms with Crippen LogP contribution in [0.5, 0.6) is 5.75 Å². The van der Waals surface area contributed by atoms with Gasteiger partial charge in [0.25, 0.3) is 0 Å². The molecule has 0 spiro atoms. The van der Waals surface area contributed by atoms with E-state index in [1.807, 2.05) is 44.2 Å². The number of carbonyl (C=O) groups excluding carboxylic acids is 1. The van der Waals surface area contributed by atoms with E-state index < -0.39 is 0 Å². The van der Waals surface area contributed by atoms with Gasteiger partial charge in [0.15, 0.2) is 10.9 Å². The Morgan fingerprint density at radius 1 is 1.14 bits per heavy atom. The number of thioether (sulfide) groups is 1. The van der Waals surface area contributed by atoms with E-state index in [0.717, 1.165) is 58.8 Å². The highest BCUT2D eigenvalue weighted by molar-refractivity contribution is 7.99. The van der Waals surface area contributed by atoms with Crippen molar-refractivity contribution in [1.82, 2.24) is 19.3 Å². The standard InChI is InChI=1S/C22H26N4O2S/c1-15-13-19(16(2)26(15)17-8-10-18(28-3)11-9-17)20(27)14-29-22-24-23-21-7-5-4-6-12-25(21)22/h8-11,13H,4-7,12,14H2,1-3H3. The minimum absolute atomic E-state index is 0.119. The van der Waals surface area contributed by atoms with Gasteiger partial charge in [0.2, 0.25) is 0 Å². The predicted molar refractivity (Wildman–Crippen MR) is 114 cm³/mol. The number of fused-ring (bicyclic) bond motifs is 1. The van der Waals surface area contributed by atoms with Gasteiger partial charge in [-0.25, -0.2) is 0 Å². The smallest absolute Gasteiger partial charge is 0.191 e. The van der Waals surface area contributed by atoms with Gasteiger partial charge in [0.05, 0.1) is 12.9 Å². The Balaban J connectivity index is 1.52. The minimum Gasteiger partial charge on any atom is -0.497 e. The van der Waals surface area contributed by atoms with Gasteiger partial charge in [0.1, 0.15) is 11.6 Å². The van der Waals surface area contributed by atoms with Crippen LogP contribution in [0.1, 0.15) is 46.8 Å². The molecule has 7 heteroatoms. The van der Waals surface area contributed by atoms with Crippen molar-refractivity contribution in [3.05, 3.63) is 53.1 Å². The Morgan fingerprint density at radius 2 is 1.93 bits per heavy atom. The molecule has 6 nitrogen and oxygen atoms in total. The monoisotopic (exact) mass is 410 g/mol. The molecule has 29 heavy (non-hydrogen) atoms. The summed E-state index contributed by atoms with van der Waals surface area (Å²) in [6, 6.07) is 9.86. The largest absolute Gasteiger partial charge is 0.497 e. The lowest BCUT2D eigenvalue weighted by Crippen LogP contribution is -2.07. The fourth-order valence-electron chi connectivity index (χ4n) is 3.95. The molecule has 4 rings (SSSR count). The second kappa shape index (κ2) is 8.45. The summed E-state index contributed by atoms with van der Waals surface area (Å²) in [5.74, 6) is 2.35. The topological polar surface area (TPSA) is 61.9 Å². The first-order valence-electron chi connectivity index (χ1n) is 10.00. The van der Waals surface area contributed by atoms with E-state index in [0.29, 0.717) is 5.75 Å². The number of rotatable bonds is 6. The number of aryl methyl sites for hydroxylation is 2. The van der Waals surface area contributed by atoms with Crippen LogP contribution in [-0.2, 0) is 13.0 Å². The molecule has 3 heterocycles. The van der Waals surface area contributed by atoms with Crippen molar-refractivity contribution in [2.45, 2.75) is 51.2 Å². The van der Waals surface area contributed by atoms with Crippen LogP contribution in [0.15, 0.2) is 35.5 Å². The number of hydrogen-bond donors (Lipinski definition) is 0. The molecule has 0 saturated heterocycles. The highest BCUT2D eigenvalue weighted by atomic mass is 32.2. The van der Waals surface area contributed by atoms with Gasteiger partial charge in [-0.2, -0.15) is 0 Å². The molecule has 3 aromatic rings. The third-order valence-corrected chi connectivity index (χ3v) is 6.44. The van der Waals surface area contributed by atoms with E-state index in [4.69, 9.17) is 4.74 Å². The Hall–Kier alpha value is -2.54. The first-order chi connectivity index (χ1) is 14.1. The Labute approximate surface area is 175 Å². The zero-order chi connectivity index (χ0) is 20.4. The van der Waals surface area contributed by atoms with Crippen LogP contribution < -0.4 is 4.74 Å². The van der Waals surface area contributed by atoms with Gasteiger partial charge >= 0.3 is 0 Å². The lowest BCUT2D eigenvalue weighted by atomic mass is 10.2. The van der Waals surface area contributed by atoms with Gasteiger partial charge in [-0.15, -0.1) is 10.2 Å². The lowest BCUT2D eigenvalue weighted by molar-refractivity contribution is 0.102. The quantitative estimate of drug-likeness (QED) is 0.445. The summed E-state index contributed by atoms with van der Waals surface area (Å²) in [4.78, 5) is 13.0. The summed E-state index contributed by atoms with van der Waals surface area (Å²) in [7, 11) is 1.66. The van der Waals surface area contributed by atoms with Crippen molar-refractivity contribution in [1.29, 1.82) is 0 Å². The number of benzene rings is 1. The molecule has 152 valence electrons. The molecule has 0 saturated carbocycles. The van der Waals surface area contributed by atoms with Crippen LogP contribution in [-0.4, -0.2) is 38.0 Å². The predicted octanol–water partition coefficient (Wildman–Crippen LogP) is 4.40. The number of ether oxygens (including phenoxy) is 1. The zero-order valence-corrected chi connectivity index (χ0v) is 18.0. The van der Waals surface area contributed by atoms with Gasteiger partial charge in [-0.3, -0.25) is 4.79 Å². The molecule has 0 N–H and O–H groups in total. The average Bonchev–Trinajstić information content (AvgIpc) is 3.15. The highest BCUT2D eigenvalue weighted by Gasteiger charge is 2.20. The molecule has 0 radical (unpaired) electrons. The maximum Gasteiger partial charge on any atom is 0.191 e. The zero-order valence-electron chi connectivity index (χ0n) is 17.1. The van der Waals surface area contributed by atoms with E-state index in [9.17, 15) is 4.79 Å². The molecule has 1 aliphatic rings. The maximum absolute atomic E-state index is 13.0. The van der Waals surface area contributed by atoms with E-state index in [2.05, 4.69) is 19.3 Å². The van der Waals surface area contributed by atoms with Crippen molar-refractivity contribution in [3.8, 4) is 11.4 Å². The fraction of sp³-hybridized carbons (Fsp3) is 0.409. The van der Waals surface area contributed by atoms with Crippen LogP contribution in [0.3, 0.4) is 0 Å². The average molecular weight is 411 g/mol. The number of nitrogens with zero attached hydrogens (tertiary/aromatic N) is 4. The molecule has 0 aliphatic carbocycles. The highest BCUT2D eigenvalue weighted by Crippen LogP contribution is 2.26. The van der Waals surface area contributed by atoms with Crippen molar-refractivity contribution in [2.75, 3.05) is 12.9 Å². The molecule has 1 aliphatic heterocycles. The van der Waals surface area contributed by atoms with Crippen molar-refractivity contribution in [2.24, 2.45) is 0 Å². The number of Topliss-reactive ketones (excluding diaryl/α,β-unsaturated/α-hetero) is 1. The number of ketones is 1. The van der Waals surface area contributed by atoms with Crippen molar-refractivity contribution >= 4 is 17.5 Å². The summed E-state index contributed by atoms with van der Waals surface area (Å²) in [6.45, 7) is 4.97. The van der Waals surface area contributed by atoms with Crippen LogP contribution in [0.25, 0.3) is 5.69 Å². The van der Waals surface area contributed by atoms with Gasteiger partial charge in [-0.1, -0.05) is 18.2 Å². The number of aromatic nitrogens is 4. The molecule has 0 bridgehead atoms. The van der Waals surface area contributed by atoms with Crippen LogP contribution >= 0.6 is 11.8 Å². The van der Waals surface area contributed by atoms with E-state index >= 15 is 0 Å². The first kappa shape index (κ1) is 19.8. The van der Waals surface area contributed by atoms with Crippen molar-refractivity contribution < 1.29 is 9.53 Å². The van der Waals surface area contributed by atoms with Gasteiger partial charge in [-0.05, 0) is 57.0 Å². The third-order valence-electron chi connectivity index (χ3n) is 5.47. The molecule has 0 amide bonds. The van der Waals surface area contributed by atoms with E-state index in [1.54, 1.807) is 7.11 Å². The number of carbonyl (C=O) groups is 1. The number of methoxy groups -OCH3 is 1. The van der Waals surface area contributed by atoms with E-state index in [-0.39, 0.29) is 5.78 Å². The third kappa shape index (κ3) is 3.96. The Morgan fingerprint density at radius 3 is 2.69 bits per heavy atom. The first-order valence-corrected chi connectivity index (χ1v) is 11.0.